The van der Waals surface area contributed by atoms with Crippen molar-refractivity contribution >= 4 is 0 Å². The zero-order valence-electron chi connectivity index (χ0n) is 18.3. The fourth-order valence-corrected chi connectivity index (χ4v) is 2.68. The first kappa shape index (κ1) is 25.0. The summed E-state index contributed by atoms with van der Waals surface area (Å²) in [6.45, 7) is 22.9. The summed E-state index contributed by atoms with van der Waals surface area (Å²) in [5.74, 6) is 1.14. The minimum Gasteiger partial charge on any atom is -0.487 e. The van der Waals surface area contributed by atoms with E-state index >= 15 is 0 Å². The Morgan fingerprint density at radius 3 is 2.04 bits per heavy atom. The van der Waals surface area contributed by atoms with Crippen LogP contribution in [0.25, 0.3) is 0 Å². The molecule has 0 amide bonds. The van der Waals surface area contributed by atoms with Crippen molar-refractivity contribution in [2.75, 3.05) is 0 Å². The SMILES string of the molecule is C/C=C/C[C@]1(C)CCc2cc(C)c(C)c(C)c2O1.CC.CC.CC. The van der Waals surface area contributed by atoms with Gasteiger partial charge in [-0.2, -0.15) is 0 Å². The Morgan fingerprint density at radius 2 is 1.54 bits per heavy atom. The number of aryl methyl sites for hydroxylation is 2. The summed E-state index contributed by atoms with van der Waals surface area (Å²) in [5.41, 5.74) is 5.41. The summed E-state index contributed by atoms with van der Waals surface area (Å²) in [6, 6.07) is 2.30. The van der Waals surface area contributed by atoms with Gasteiger partial charge in [0.25, 0.3) is 0 Å². The zero-order chi connectivity index (χ0) is 19.3. The maximum Gasteiger partial charge on any atom is 0.126 e. The molecule has 0 aliphatic carbocycles. The highest BCUT2D eigenvalue weighted by atomic mass is 16.5. The van der Waals surface area contributed by atoms with Gasteiger partial charge in [0.2, 0.25) is 0 Å². The molecule has 0 fully saturated rings. The molecule has 1 aliphatic heterocycles. The van der Waals surface area contributed by atoms with E-state index in [1.54, 1.807) is 0 Å². The van der Waals surface area contributed by atoms with Gasteiger partial charge in [0.05, 0.1) is 0 Å². The largest absolute Gasteiger partial charge is 0.487 e. The number of hydrogen-bond donors (Lipinski definition) is 0. The van der Waals surface area contributed by atoms with Crippen molar-refractivity contribution in [1.29, 1.82) is 0 Å². The average molecular weight is 335 g/mol. The lowest BCUT2D eigenvalue weighted by molar-refractivity contribution is 0.0670. The van der Waals surface area contributed by atoms with Gasteiger partial charge in [0.1, 0.15) is 11.4 Å². The number of rotatable bonds is 2. The van der Waals surface area contributed by atoms with Gasteiger partial charge in [-0.25, -0.2) is 0 Å². The van der Waals surface area contributed by atoms with Gasteiger partial charge in [0.15, 0.2) is 0 Å². The molecule has 0 spiro atoms. The van der Waals surface area contributed by atoms with Crippen LogP contribution in [0.5, 0.6) is 5.75 Å². The molecule has 1 nitrogen and oxygen atoms in total. The summed E-state index contributed by atoms with van der Waals surface area (Å²) in [7, 11) is 0. The molecule has 1 heterocycles. The molecule has 1 aromatic carbocycles. The zero-order valence-corrected chi connectivity index (χ0v) is 18.3. The molecule has 24 heavy (non-hydrogen) atoms. The van der Waals surface area contributed by atoms with Crippen LogP contribution in [0.2, 0.25) is 0 Å². The molecule has 0 saturated heterocycles. The summed E-state index contributed by atoms with van der Waals surface area (Å²) < 4.78 is 6.34. The second-order valence-electron chi connectivity index (χ2n) is 5.76. The van der Waals surface area contributed by atoms with Gasteiger partial charge in [-0.1, -0.05) is 59.8 Å². The Balaban J connectivity index is 0. The minimum absolute atomic E-state index is 0.0357. The molecular weight excluding hydrogens is 292 g/mol. The Hall–Kier alpha value is -1.24. The van der Waals surface area contributed by atoms with Crippen LogP contribution in [-0.4, -0.2) is 5.60 Å². The first-order valence-corrected chi connectivity index (χ1v) is 9.87. The Labute approximate surface area is 152 Å². The number of allylic oxidation sites excluding steroid dienone is 1. The number of hydrogen-bond acceptors (Lipinski definition) is 1. The lowest BCUT2D eigenvalue weighted by Crippen LogP contribution is -2.36. The summed E-state index contributed by atoms with van der Waals surface area (Å²) in [6.07, 6.45) is 7.55. The van der Waals surface area contributed by atoms with E-state index in [1.165, 1.54) is 22.3 Å². The lowest BCUT2D eigenvalue weighted by atomic mass is 9.87. The van der Waals surface area contributed by atoms with E-state index in [2.05, 4.69) is 52.8 Å². The van der Waals surface area contributed by atoms with Crippen LogP contribution in [0.3, 0.4) is 0 Å². The van der Waals surface area contributed by atoms with Crippen molar-refractivity contribution in [3.05, 3.63) is 40.5 Å². The maximum atomic E-state index is 6.34. The van der Waals surface area contributed by atoms with Crippen LogP contribution < -0.4 is 4.74 Å². The van der Waals surface area contributed by atoms with Crippen LogP contribution in [0.4, 0.5) is 0 Å². The van der Waals surface area contributed by atoms with Crippen molar-refractivity contribution < 1.29 is 4.74 Å². The highest BCUT2D eigenvalue weighted by Gasteiger charge is 2.31. The van der Waals surface area contributed by atoms with Gasteiger partial charge in [-0.15, -0.1) is 0 Å². The number of fused-ring (bicyclic) bond motifs is 1. The molecule has 1 aromatic rings. The Bertz CT molecular complexity index is 485. The van der Waals surface area contributed by atoms with Crippen LogP contribution in [0, 0.1) is 20.8 Å². The standard InChI is InChI=1S/C17H24O.3C2H6/c1-6-7-9-17(5)10-8-15-11-12(2)13(3)14(4)16(15)18-17;3*1-2/h6-7,11H,8-10H2,1-5H3;3*1-2H3/b7-6+;;;/t17-;;;/m1.../s1. The third-order valence-corrected chi connectivity index (χ3v) is 4.23. The second-order valence-corrected chi connectivity index (χ2v) is 5.76. The summed E-state index contributed by atoms with van der Waals surface area (Å²) >= 11 is 0. The molecule has 1 atom stereocenters. The maximum absolute atomic E-state index is 6.34. The topological polar surface area (TPSA) is 9.23 Å². The molecule has 0 radical (unpaired) electrons. The molecule has 1 heteroatoms. The molecule has 0 aromatic heterocycles. The number of benzene rings is 1. The fourth-order valence-electron chi connectivity index (χ4n) is 2.68. The van der Waals surface area contributed by atoms with Gasteiger partial charge < -0.3 is 4.74 Å². The molecule has 0 N–H and O–H groups in total. The van der Waals surface area contributed by atoms with Crippen molar-refractivity contribution in [2.45, 2.75) is 101 Å². The fraction of sp³-hybridized carbons (Fsp3) is 0.652. The van der Waals surface area contributed by atoms with E-state index in [4.69, 9.17) is 4.74 Å². The van der Waals surface area contributed by atoms with Crippen LogP contribution in [0.1, 0.15) is 90.5 Å². The van der Waals surface area contributed by atoms with Crippen LogP contribution in [0.15, 0.2) is 18.2 Å². The molecule has 0 saturated carbocycles. The Kier molecular flexibility index (Phi) is 13.6. The van der Waals surface area contributed by atoms with E-state index in [9.17, 15) is 0 Å². The van der Waals surface area contributed by atoms with Gasteiger partial charge in [-0.3, -0.25) is 0 Å². The minimum atomic E-state index is -0.0357. The normalized spacial score (nSPS) is 18.0. The first-order valence-electron chi connectivity index (χ1n) is 9.87. The molecule has 0 bridgehead atoms. The van der Waals surface area contributed by atoms with Gasteiger partial charge >= 0.3 is 0 Å². The Morgan fingerprint density at radius 1 is 1.00 bits per heavy atom. The van der Waals surface area contributed by atoms with Gasteiger partial charge in [-0.05, 0) is 69.7 Å². The quantitative estimate of drug-likeness (QED) is 0.502. The van der Waals surface area contributed by atoms with E-state index in [1.807, 2.05) is 41.5 Å². The predicted molar refractivity (Wildman–Crippen MR) is 111 cm³/mol. The highest BCUT2D eigenvalue weighted by molar-refractivity contribution is 5.50. The van der Waals surface area contributed by atoms with Crippen molar-refractivity contribution in [3.8, 4) is 5.75 Å². The van der Waals surface area contributed by atoms with Crippen molar-refractivity contribution in [2.24, 2.45) is 0 Å². The monoisotopic (exact) mass is 334 g/mol. The smallest absolute Gasteiger partial charge is 0.126 e. The van der Waals surface area contributed by atoms with Crippen molar-refractivity contribution in [3.63, 3.8) is 0 Å². The predicted octanol–water partition coefficient (Wildman–Crippen LogP) is 7.74. The average Bonchev–Trinajstić information content (AvgIpc) is 2.64. The van der Waals surface area contributed by atoms with E-state index in [0.717, 1.165) is 25.0 Å². The van der Waals surface area contributed by atoms with Crippen LogP contribution in [-0.2, 0) is 6.42 Å². The van der Waals surface area contributed by atoms with Crippen LogP contribution >= 0.6 is 0 Å². The first-order chi connectivity index (χ1) is 11.5. The third kappa shape index (κ3) is 6.71. The summed E-state index contributed by atoms with van der Waals surface area (Å²) in [4.78, 5) is 0. The van der Waals surface area contributed by atoms with E-state index < -0.39 is 0 Å². The summed E-state index contributed by atoms with van der Waals surface area (Å²) in [5, 5.41) is 0. The second kappa shape index (κ2) is 13.1. The molecule has 140 valence electrons. The molecule has 1 aliphatic rings. The highest BCUT2D eigenvalue weighted by Crippen LogP contribution is 2.39. The molecular formula is C23H42O. The van der Waals surface area contributed by atoms with Crippen molar-refractivity contribution in [1.82, 2.24) is 0 Å². The third-order valence-electron chi connectivity index (χ3n) is 4.23. The number of ether oxygens (including phenoxy) is 1. The molecule has 2 rings (SSSR count). The van der Waals surface area contributed by atoms with Gasteiger partial charge in [0, 0.05) is 6.42 Å². The van der Waals surface area contributed by atoms with E-state index in [-0.39, 0.29) is 5.60 Å². The molecule has 0 unspecified atom stereocenters. The van der Waals surface area contributed by atoms with E-state index in [0.29, 0.717) is 0 Å². The lowest BCUT2D eigenvalue weighted by Gasteiger charge is -2.36.